The molecule has 1 aromatic rings. The van der Waals surface area contributed by atoms with Gasteiger partial charge in [-0.25, -0.2) is 4.98 Å². The number of hydrogen-bond acceptors (Lipinski definition) is 5. The van der Waals surface area contributed by atoms with Crippen LogP contribution in [0.1, 0.15) is 13.8 Å². The zero-order chi connectivity index (χ0) is 14.6. The average molecular weight is 278 g/mol. The highest BCUT2D eigenvalue weighted by atomic mass is 16.5. The molecule has 0 saturated carbocycles. The van der Waals surface area contributed by atoms with E-state index >= 15 is 0 Å². The van der Waals surface area contributed by atoms with Crippen molar-refractivity contribution in [2.45, 2.75) is 19.4 Å². The molecule has 6 nitrogen and oxygen atoms in total. The highest BCUT2D eigenvalue weighted by molar-refractivity contribution is 5.97. The minimum atomic E-state index is -0.540. The molecule has 2 heterocycles. The Morgan fingerprint density at radius 2 is 2.10 bits per heavy atom. The molecule has 0 aromatic carbocycles. The Labute approximate surface area is 119 Å². The number of piperazine rings is 1. The van der Waals surface area contributed by atoms with E-state index in [9.17, 15) is 4.79 Å². The smallest absolute Gasteiger partial charge is 0.244 e. The number of anilines is 1. The van der Waals surface area contributed by atoms with Gasteiger partial charge in [-0.15, -0.1) is 0 Å². The third kappa shape index (κ3) is 3.26. The van der Waals surface area contributed by atoms with E-state index in [-0.39, 0.29) is 5.91 Å². The number of nitrogens with one attached hydrogen (secondary N) is 2. The monoisotopic (exact) mass is 278 g/mol. The van der Waals surface area contributed by atoms with Crippen molar-refractivity contribution < 1.29 is 9.53 Å². The summed E-state index contributed by atoms with van der Waals surface area (Å²) in [5, 5.41) is 6.20. The van der Waals surface area contributed by atoms with Gasteiger partial charge in [-0.1, -0.05) is 0 Å². The van der Waals surface area contributed by atoms with Crippen LogP contribution in [0.25, 0.3) is 0 Å². The predicted molar refractivity (Wildman–Crippen MR) is 77.9 cm³/mol. The number of nitrogens with zero attached hydrogens (tertiary/aromatic N) is 2. The van der Waals surface area contributed by atoms with Crippen LogP contribution in [0, 0.1) is 0 Å². The Morgan fingerprint density at radius 3 is 2.65 bits per heavy atom. The van der Waals surface area contributed by atoms with Gasteiger partial charge in [0.15, 0.2) is 0 Å². The lowest BCUT2D eigenvalue weighted by Crippen LogP contribution is -2.58. The first-order chi connectivity index (χ1) is 9.54. The topological polar surface area (TPSA) is 66.5 Å². The van der Waals surface area contributed by atoms with Gasteiger partial charge in [0.05, 0.1) is 24.5 Å². The lowest BCUT2D eigenvalue weighted by molar-refractivity contribution is -0.126. The molecule has 0 unspecified atom stereocenters. The minimum absolute atomic E-state index is 0.0219. The Morgan fingerprint density at radius 1 is 1.40 bits per heavy atom. The van der Waals surface area contributed by atoms with Gasteiger partial charge in [0.1, 0.15) is 0 Å². The van der Waals surface area contributed by atoms with Crippen molar-refractivity contribution in [3.63, 3.8) is 0 Å². The number of rotatable bonds is 4. The van der Waals surface area contributed by atoms with E-state index in [1.165, 1.54) is 0 Å². The third-order valence-corrected chi connectivity index (χ3v) is 3.67. The highest BCUT2D eigenvalue weighted by Crippen LogP contribution is 2.19. The van der Waals surface area contributed by atoms with Crippen molar-refractivity contribution in [3.05, 3.63) is 18.3 Å². The number of ether oxygens (including phenoxy) is 1. The Hall–Kier alpha value is -1.66. The van der Waals surface area contributed by atoms with E-state index in [1.54, 1.807) is 25.4 Å². The van der Waals surface area contributed by atoms with Gasteiger partial charge < -0.3 is 15.4 Å². The standard InChI is InChI=1S/C14H22N4O2/c1-14(2,18-8-6-15-7-9-18)13(19)17-11-4-5-12(20-3)16-10-11/h4-5,10,15H,6-9H2,1-3H3,(H,17,19). The maximum absolute atomic E-state index is 12.5. The molecule has 0 aliphatic carbocycles. The molecule has 1 aromatic heterocycles. The van der Waals surface area contributed by atoms with Crippen molar-refractivity contribution in [1.82, 2.24) is 15.2 Å². The molecule has 110 valence electrons. The van der Waals surface area contributed by atoms with Crippen LogP contribution >= 0.6 is 0 Å². The summed E-state index contributed by atoms with van der Waals surface area (Å²) < 4.78 is 5.00. The van der Waals surface area contributed by atoms with Gasteiger partial charge in [-0.3, -0.25) is 9.69 Å². The van der Waals surface area contributed by atoms with E-state index in [2.05, 4.69) is 20.5 Å². The summed E-state index contributed by atoms with van der Waals surface area (Å²) in [7, 11) is 1.56. The first-order valence-corrected chi connectivity index (χ1v) is 6.81. The molecular weight excluding hydrogens is 256 g/mol. The molecule has 2 N–H and O–H groups in total. The van der Waals surface area contributed by atoms with Gasteiger partial charge in [0.25, 0.3) is 0 Å². The van der Waals surface area contributed by atoms with Crippen LogP contribution in [0.15, 0.2) is 18.3 Å². The summed E-state index contributed by atoms with van der Waals surface area (Å²) in [4.78, 5) is 18.7. The second kappa shape index (κ2) is 6.19. The summed E-state index contributed by atoms with van der Waals surface area (Å²) in [6.07, 6.45) is 1.60. The Balaban J connectivity index is 2.01. The number of methoxy groups -OCH3 is 1. The normalized spacial score (nSPS) is 16.8. The number of carbonyl (C=O) groups excluding carboxylic acids is 1. The molecule has 1 saturated heterocycles. The van der Waals surface area contributed by atoms with E-state index < -0.39 is 5.54 Å². The maximum atomic E-state index is 12.5. The quantitative estimate of drug-likeness (QED) is 0.849. The van der Waals surface area contributed by atoms with Crippen molar-refractivity contribution in [2.24, 2.45) is 0 Å². The number of aromatic nitrogens is 1. The van der Waals surface area contributed by atoms with Crippen molar-refractivity contribution in [1.29, 1.82) is 0 Å². The number of hydrogen-bond donors (Lipinski definition) is 2. The number of amides is 1. The second-order valence-electron chi connectivity index (χ2n) is 5.34. The first-order valence-electron chi connectivity index (χ1n) is 6.81. The van der Waals surface area contributed by atoms with Gasteiger partial charge in [-0.05, 0) is 19.9 Å². The van der Waals surface area contributed by atoms with Crippen LogP contribution in [-0.2, 0) is 4.79 Å². The molecule has 1 fully saturated rings. The number of carbonyl (C=O) groups is 1. The molecule has 1 amide bonds. The predicted octanol–water partition coefficient (Wildman–Crippen LogP) is 0.712. The van der Waals surface area contributed by atoms with Crippen LogP contribution in [0.5, 0.6) is 5.88 Å². The third-order valence-electron chi connectivity index (χ3n) is 3.67. The van der Waals surface area contributed by atoms with Crippen LogP contribution in [0.4, 0.5) is 5.69 Å². The largest absolute Gasteiger partial charge is 0.481 e. The van der Waals surface area contributed by atoms with E-state index in [1.807, 2.05) is 13.8 Å². The van der Waals surface area contributed by atoms with Gasteiger partial charge in [0.2, 0.25) is 11.8 Å². The molecule has 1 aliphatic heterocycles. The SMILES string of the molecule is COc1ccc(NC(=O)C(C)(C)N2CCNCC2)cn1. The molecule has 0 atom stereocenters. The van der Waals surface area contributed by atoms with Crippen molar-refractivity contribution >= 4 is 11.6 Å². The summed E-state index contributed by atoms with van der Waals surface area (Å²) >= 11 is 0. The zero-order valence-electron chi connectivity index (χ0n) is 12.3. The van der Waals surface area contributed by atoms with Crippen LogP contribution < -0.4 is 15.4 Å². The molecule has 0 spiro atoms. The number of pyridine rings is 1. The summed E-state index contributed by atoms with van der Waals surface area (Å²) in [6, 6.07) is 3.52. The molecule has 0 radical (unpaired) electrons. The van der Waals surface area contributed by atoms with Crippen LogP contribution in [0.2, 0.25) is 0 Å². The fraction of sp³-hybridized carbons (Fsp3) is 0.571. The molecule has 2 rings (SSSR count). The van der Waals surface area contributed by atoms with E-state index in [4.69, 9.17) is 4.74 Å². The van der Waals surface area contributed by atoms with E-state index in [0.29, 0.717) is 11.6 Å². The van der Waals surface area contributed by atoms with Crippen LogP contribution in [0.3, 0.4) is 0 Å². The van der Waals surface area contributed by atoms with Gasteiger partial charge in [0, 0.05) is 32.2 Å². The summed E-state index contributed by atoms with van der Waals surface area (Å²) in [6.45, 7) is 7.49. The van der Waals surface area contributed by atoms with Gasteiger partial charge >= 0.3 is 0 Å². The Kier molecular flexibility index (Phi) is 4.57. The molecule has 0 bridgehead atoms. The molecular formula is C14H22N4O2. The lowest BCUT2D eigenvalue weighted by atomic mass is 10.0. The maximum Gasteiger partial charge on any atom is 0.244 e. The molecule has 1 aliphatic rings. The minimum Gasteiger partial charge on any atom is -0.481 e. The lowest BCUT2D eigenvalue weighted by Gasteiger charge is -2.39. The second-order valence-corrected chi connectivity index (χ2v) is 5.34. The van der Waals surface area contributed by atoms with Crippen molar-refractivity contribution in [2.75, 3.05) is 38.6 Å². The zero-order valence-corrected chi connectivity index (χ0v) is 12.3. The highest BCUT2D eigenvalue weighted by Gasteiger charge is 2.35. The molecule has 20 heavy (non-hydrogen) atoms. The van der Waals surface area contributed by atoms with Crippen molar-refractivity contribution in [3.8, 4) is 5.88 Å². The average Bonchev–Trinajstić information content (AvgIpc) is 2.49. The fourth-order valence-electron chi connectivity index (χ4n) is 2.23. The van der Waals surface area contributed by atoms with Crippen LogP contribution in [-0.4, -0.2) is 54.6 Å². The van der Waals surface area contributed by atoms with Gasteiger partial charge in [-0.2, -0.15) is 0 Å². The summed E-state index contributed by atoms with van der Waals surface area (Å²) in [5.41, 5.74) is 0.140. The first kappa shape index (κ1) is 14.7. The van der Waals surface area contributed by atoms with E-state index in [0.717, 1.165) is 26.2 Å². The Bertz CT molecular complexity index is 453. The fourth-order valence-corrected chi connectivity index (χ4v) is 2.23. The molecule has 6 heteroatoms. The summed E-state index contributed by atoms with van der Waals surface area (Å²) in [5.74, 6) is 0.510.